The predicted molar refractivity (Wildman–Crippen MR) is 72.1 cm³/mol. The number of aldehydes is 1. The lowest BCUT2D eigenvalue weighted by Gasteiger charge is -2.31. The Labute approximate surface area is 108 Å². The Morgan fingerprint density at radius 3 is 2.71 bits per heavy atom. The Balaban J connectivity index is 2.38. The van der Waals surface area contributed by atoms with E-state index in [4.69, 9.17) is 11.6 Å². The molecule has 0 bridgehead atoms. The number of nitrogens with zero attached hydrogens (tertiary/aromatic N) is 1. The van der Waals surface area contributed by atoms with Gasteiger partial charge in [0.1, 0.15) is 0 Å². The van der Waals surface area contributed by atoms with E-state index in [1.165, 1.54) is 25.7 Å². The third kappa shape index (κ3) is 2.47. The van der Waals surface area contributed by atoms with Gasteiger partial charge in [0.2, 0.25) is 0 Å². The van der Waals surface area contributed by atoms with E-state index >= 15 is 0 Å². The maximum Gasteiger partial charge on any atom is 0.152 e. The maximum atomic E-state index is 11.1. The zero-order valence-electron chi connectivity index (χ0n) is 10.2. The van der Waals surface area contributed by atoms with Gasteiger partial charge in [0.05, 0.1) is 10.7 Å². The average Bonchev–Trinajstić information content (AvgIpc) is 2.86. The fourth-order valence-corrected chi connectivity index (χ4v) is 3.04. The third-order valence-electron chi connectivity index (χ3n) is 3.54. The van der Waals surface area contributed by atoms with Crippen LogP contribution in [0.3, 0.4) is 0 Å². The maximum absolute atomic E-state index is 11.1. The standard InChI is InChI=1S/C14H18ClNO/c1-2-16(12-7-3-4-8-12)14-11(10-17)6-5-9-13(14)15/h5-6,9-10,12H,2-4,7-8H2,1H3. The van der Waals surface area contributed by atoms with Crippen LogP contribution >= 0.6 is 11.6 Å². The summed E-state index contributed by atoms with van der Waals surface area (Å²) < 4.78 is 0. The van der Waals surface area contributed by atoms with Gasteiger partial charge in [-0.3, -0.25) is 4.79 Å². The van der Waals surface area contributed by atoms with Crippen molar-refractivity contribution in [3.8, 4) is 0 Å². The van der Waals surface area contributed by atoms with Crippen molar-refractivity contribution in [2.75, 3.05) is 11.4 Å². The molecule has 0 atom stereocenters. The molecule has 0 unspecified atom stereocenters. The Bertz CT molecular complexity index is 399. The fourth-order valence-electron chi connectivity index (χ4n) is 2.74. The summed E-state index contributed by atoms with van der Waals surface area (Å²) in [5.74, 6) is 0. The lowest BCUT2D eigenvalue weighted by Crippen LogP contribution is -2.34. The van der Waals surface area contributed by atoms with Gasteiger partial charge in [0, 0.05) is 18.2 Å². The molecular formula is C14H18ClNO. The van der Waals surface area contributed by atoms with Gasteiger partial charge in [-0.2, -0.15) is 0 Å². The summed E-state index contributed by atoms with van der Waals surface area (Å²) in [6.07, 6.45) is 5.87. The Kier molecular flexibility index (Phi) is 4.06. The lowest BCUT2D eigenvalue weighted by molar-refractivity contribution is 0.112. The highest BCUT2D eigenvalue weighted by Crippen LogP contribution is 2.34. The van der Waals surface area contributed by atoms with E-state index in [0.29, 0.717) is 16.6 Å². The summed E-state index contributed by atoms with van der Waals surface area (Å²) in [5, 5.41) is 0.684. The number of rotatable bonds is 4. The topological polar surface area (TPSA) is 20.3 Å². The highest BCUT2D eigenvalue weighted by molar-refractivity contribution is 6.33. The van der Waals surface area contributed by atoms with E-state index in [0.717, 1.165) is 18.5 Å². The van der Waals surface area contributed by atoms with Gasteiger partial charge in [-0.15, -0.1) is 0 Å². The molecule has 0 radical (unpaired) electrons. The second-order valence-corrected chi connectivity index (χ2v) is 4.93. The number of halogens is 1. The molecule has 1 aliphatic carbocycles. The van der Waals surface area contributed by atoms with Crippen molar-refractivity contribution in [2.24, 2.45) is 0 Å². The molecule has 0 aromatic heterocycles. The molecule has 0 spiro atoms. The molecule has 2 nitrogen and oxygen atoms in total. The van der Waals surface area contributed by atoms with Crippen molar-refractivity contribution < 1.29 is 4.79 Å². The van der Waals surface area contributed by atoms with Gasteiger partial charge in [-0.1, -0.05) is 30.5 Å². The van der Waals surface area contributed by atoms with Crippen LogP contribution in [0.15, 0.2) is 18.2 Å². The molecule has 92 valence electrons. The molecule has 1 fully saturated rings. The van der Waals surface area contributed by atoms with Gasteiger partial charge < -0.3 is 4.90 Å². The van der Waals surface area contributed by atoms with Crippen LogP contribution in [0.25, 0.3) is 0 Å². The van der Waals surface area contributed by atoms with Crippen LogP contribution in [-0.4, -0.2) is 18.9 Å². The predicted octanol–water partition coefficient (Wildman–Crippen LogP) is 3.92. The monoisotopic (exact) mass is 251 g/mol. The van der Waals surface area contributed by atoms with E-state index in [1.54, 1.807) is 0 Å². The van der Waals surface area contributed by atoms with Gasteiger partial charge in [-0.25, -0.2) is 0 Å². The van der Waals surface area contributed by atoms with Gasteiger partial charge in [-0.05, 0) is 31.9 Å². The highest BCUT2D eigenvalue weighted by Gasteiger charge is 2.24. The minimum absolute atomic E-state index is 0.540. The van der Waals surface area contributed by atoms with E-state index in [1.807, 2.05) is 18.2 Å². The summed E-state index contributed by atoms with van der Waals surface area (Å²) in [6, 6.07) is 6.07. The molecule has 1 aliphatic rings. The van der Waals surface area contributed by atoms with Crippen LogP contribution in [0.4, 0.5) is 5.69 Å². The normalized spacial score (nSPS) is 16.1. The van der Waals surface area contributed by atoms with Crippen molar-refractivity contribution in [1.29, 1.82) is 0 Å². The molecule has 1 saturated carbocycles. The Morgan fingerprint density at radius 2 is 2.12 bits per heavy atom. The van der Waals surface area contributed by atoms with Crippen molar-refractivity contribution >= 4 is 23.6 Å². The van der Waals surface area contributed by atoms with Crippen molar-refractivity contribution in [3.05, 3.63) is 28.8 Å². The molecule has 0 heterocycles. The van der Waals surface area contributed by atoms with Crippen LogP contribution in [0.1, 0.15) is 43.0 Å². The number of anilines is 1. The second-order valence-electron chi connectivity index (χ2n) is 4.52. The largest absolute Gasteiger partial charge is 0.367 e. The summed E-state index contributed by atoms with van der Waals surface area (Å²) >= 11 is 6.26. The van der Waals surface area contributed by atoms with Gasteiger partial charge >= 0.3 is 0 Å². The first-order valence-electron chi connectivity index (χ1n) is 6.28. The Morgan fingerprint density at radius 1 is 1.41 bits per heavy atom. The number of para-hydroxylation sites is 1. The van der Waals surface area contributed by atoms with E-state index in [-0.39, 0.29) is 0 Å². The van der Waals surface area contributed by atoms with Crippen LogP contribution in [0.2, 0.25) is 5.02 Å². The van der Waals surface area contributed by atoms with Crippen molar-refractivity contribution in [3.63, 3.8) is 0 Å². The first kappa shape index (κ1) is 12.4. The quantitative estimate of drug-likeness (QED) is 0.756. The minimum Gasteiger partial charge on any atom is -0.367 e. The summed E-state index contributed by atoms with van der Waals surface area (Å²) in [4.78, 5) is 13.4. The molecule has 0 amide bonds. The van der Waals surface area contributed by atoms with Crippen molar-refractivity contribution in [2.45, 2.75) is 38.6 Å². The number of carbonyl (C=O) groups is 1. The zero-order valence-corrected chi connectivity index (χ0v) is 10.9. The first-order valence-corrected chi connectivity index (χ1v) is 6.66. The van der Waals surface area contributed by atoms with Crippen LogP contribution in [0.5, 0.6) is 0 Å². The number of benzene rings is 1. The first-order chi connectivity index (χ1) is 8.27. The molecule has 1 aromatic rings. The van der Waals surface area contributed by atoms with Gasteiger partial charge in [0.25, 0.3) is 0 Å². The van der Waals surface area contributed by atoms with Crippen LogP contribution in [-0.2, 0) is 0 Å². The van der Waals surface area contributed by atoms with E-state index in [2.05, 4.69) is 11.8 Å². The molecule has 3 heteroatoms. The summed E-state index contributed by atoms with van der Waals surface area (Å²) in [7, 11) is 0. The highest BCUT2D eigenvalue weighted by atomic mass is 35.5. The van der Waals surface area contributed by atoms with Crippen molar-refractivity contribution in [1.82, 2.24) is 0 Å². The SMILES string of the molecule is CCN(c1c(Cl)cccc1C=O)C1CCCC1. The smallest absolute Gasteiger partial charge is 0.152 e. The Hall–Kier alpha value is -1.02. The van der Waals surface area contributed by atoms with Crippen LogP contribution < -0.4 is 4.90 Å². The van der Waals surface area contributed by atoms with Gasteiger partial charge in [0.15, 0.2) is 6.29 Å². The third-order valence-corrected chi connectivity index (χ3v) is 3.84. The zero-order chi connectivity index (χ0) is 12.3. The second kappa shape index (κ2) is 5.54. The lowest BCUT2D eigenvalue weighted by atomic mass is 10.1. The van der Waals surface area contributed by atoms with Crippen LogP contribution in [0, 0.1) is 0 Å². The molecule has 2 rings (SSSR count). The number of hydrogen-bond acceptors (Lipinski definition) is 2. The molecular weight excluding hydrogens is 234 g/mol. The van der Waals surface area contributed by atoms with E-state index < -0.39 is 0 Å². The average molecular weight is 252 g/mol. The molecule has 0 N–H and O–H groups in total. The van der Waals surface area contributed by atoms with E-state index in [9.17, 15) is 4.79 Å². The molecule has 17 heavy (non-hydrogen) atoms. The number of carbonyl (C=O) groups excluding carboxylic acids is 1. The minimum atomic E-state index is 0.540. The molecule has 0 saturated heterocycles. The summed E-state index contributed by atoms with van der Waals surface area (Å²) in [6.45, 7) is 3.02. The fraction of sp³-hybridized carbons (Fsp3) is 0.500. The molecule has 1 aromatic carbocycles. The number of hydrogen-bond donors (Lipinski definition) is 0. The molecule has 0 aliphatic heterocycles. The summed E-state index contributed by atoms with van der Waals surface area (Å²) in [5.41, 5.74) is 1.62.